The van der Waals surface area contributed by atoms with Crippen LogP contribution in [-0.2, 0) is 4.79 Å². The van der Waals surface area contributed by atoms with Crippen molar-refractivity contribution in [3.05, 3.63) is 36.5 Å². The van der Waals surface area contributed by atoms with E-state index in [1.807, 2.05) is 12.2 Å². The second-order valence-electron chi connectivity index (χ2n) is 6.13. The molecule has 24 heavy (non-hydrogen) atoms. The largest absolute Gasteiger partial charge is 0.481 e. The Morgan fingerprint density at radius 1 is 0.792 bits per heavy atom. The zero-order valence-corrected chi connectivity index (χ0v) is 14.9. The number of hydrogen-bond donors (Lipinski definition) is 3. The summed E-state index contributed by atoms with van der Waals surface area (Å²) >= 11 is 0. The monoisotopic (exact) mass is 338 g/mol. The van der Waals surface area contributed by atoms with E-state index in [0.29, 0.717) is 12.8 Å². The molecule has 0 bridgehead atoms. The molecule has 3 N–H and O–H groups in total. The molecule has 0 amide bonds. The standard InChI is InChI=1S/C20H34O4/c1-2-3-4-5-6-9-13-18(21)14-10-7-8-11-15-19(22)16-12-17-20(23)24/h7-8,10-11,14-15,18-19,21-22H,2-6,9,12-13,16-17H2,1H3,(H,23,24)/b8-7+,14-10+,15-11+/t18-,19-/m0/s1. The van der Waals surface area contributed by atoms with Gasteiger partial charge in [0.1, 0.15) is 0 Å². The van der Waals surface area contributed by atoms with Crippen molar-refractivity contribution >= 4 is 5.97 Å². The number of rotatable bonds is 15. The van der Waals surface area contributed by atoms with E-state index in [1.165, 1.54) is 32.1 Å². The average molecular weight is 338 g/mol. The van der Waals surface area contributed by atoms with Crippen molar-refractivity contribution < 1.29 is 20.1 Å². The maximum absolute atomic E-state index is 10.4. The highest BCUT2D eigenvalue weighted by molar-refractivity contribution is 5.66. The van der Waals surface area contributed by atoms with E-state index in [4.69, 9.17) is 5.11 Å². The fourth-order valence-corrected chi connectivity index (χ4v) is 2.30. The van der Waals surface area contributed by atoms with Gasteiger partial charge >= 0.3 is 5.97 Å². The van der Waals surface area contributed by atoms with Gasteiger partial charge in [-0.3, -0.25) is 4.79 Å². The first kappa shape index (κ1) is 22.6. The van der Waals surface area contributed by atoms with Crippen LogP contribution >= 0.6 is 0 Å². The quantitative estimate of drug-likeness (QED) is 0.306. The highest BCUT2D eigenvalue weighted by atomic mass is 16.4. The van der Waals surface area contributed by atoms with Crippen LogP contribution in [0.4, 0.5) is 0 Å². The second-order valence-corrected chi connectivity index (χ2v) is 6.13. The molecule has 0 aliphatic carbocycles. The van der Waals surface area contributed by atoms with Crippen LogP contribution in [0.25, 0.3) is 0 Å². The molecule has 0 fully saturated rings. The van der Waals surface area contributed by atoms with Gasteiger partial charge in [-0.1, -0.05) is 81.9 Å². The van der Waals surface area contributed by atoms with E-state index < -0.39 is 18.2 Å². The van der Waals surface area contributed by atoms with Gasteiger partial charge in [0, 0.05) is 6.42 Å². The molecule has 0 aliphatic rings. The lowest BCUT2D eigenvalue weighted by atomic mass is 10.1. The summed E-state index contributed by atoms with van der Waals surface area (Å²) in [6.07, 6.45) is 18.7. The number of carboxylic acids is 1. The Kier molecular flexibility index (Phi) is 15.5. The molecule has 0 aromatic rings. The Morgan fingerprint density at radius 3 is 1.83 bits per heavy atom. The van der Waals surface area contributed by atoms with E-state index >= 15 is 0 Å². The molecular formula is C20H34O4. The van der Waals surface area contributed by atoms with Crippen molar-refractivity contribution in [3.63, 3.8) is 0 Å². The summed E-state index contributed by atoms with van der Waals surface area (Å²) in [6, 6.07) is 0. The van der Waals surface area contributed by atoms with Crippen LogP contribution in [0.15, 0.2) is 36.5 Å². The molecule has 138 valence electrons. The van der Waals surface area contributed by atoms with Crippen LogP contribution in [0.3, 0.4) is 0 Å². The van der Waals surface area contributed by atoms with Gasteiger partial charge in [-0.15, -0.1) is 0 Å². The van der Waals surface area contributed by atoms with Crippen molar-refractivity contribution in [2.24, 2.45) is 0 Å². The maximum Gasteiger partial charge on any atom is 0.303 e. The summed E-state index contributed by atoms with van der Waals surface area (Å²) in [5, 5.41) is 27.9. The smallest absolute Gasteiger partial charge is 0.303 e. The molecule has 0 saturated carbocycles. The second kappa shape index (κ2) is 16.5. The number of allylic oxidation sites excluding steroid dienone is 4. The lowest BCUT2D eigenvalue weighted by Gasteiger charge is -2.04. The third kappa shape index (κ3) is 17.0. The summed E-state index contributed by atoms with van der Waals surface area (Å²) in [7, 11) is 0. The number of unbranched alkanes of at least 4 members (excludes halogenated alkanes) is 5. The molecular weight excluding hydrogens is 304 g/mol. The zero-order valence-electron chi connectivity index (χ0n) is 14.9. The number of aliphatic hydroxyl groups is 2. The summed E-state index contributed by atoms with van der Waals surface area (Å²) < 4.78 is 0. The molecule has 0 aromatic carbocycles. The van der Waals surface area contributed by atoms with Gasteiger partial charge in [0.05, 0.1) is 12.2 Å². The first-order valence-electron chi connectivity index (χ1n) is 9.15. The molecule has 0 aromatic heterocycles. The maximum atomic E-state index is 10.4. The molecule has 0 radical (unpaired) electrons. The minimum atomic E-state index is -0.837. The molecule has 4 nitrogen and oxygen atoms in total. The first-order chi connectivity index (χ1) is 11.6. The Morgan fingerprint density at radius 2 is 1.29 bits per heavy atom. The summed E-state index contributed by atoms with van der Waals surface area (Å²) in [6.45, 7) is 2.21. The van der Waals surface area contributed by atoms with E-state index in [1.54, 1.807) is 24.3 Å². The van der Waals surface area contributed by atoms with Gasteiger partial charge in [0.2, 0.25) is 0 Å². The fraction of sp³-hybridized carbons (Fsp3) is 0.650. The van der Waals surface area contributed by atoms with Crippen LogP contribution in [0.2, 0.25) is 0 Å². The molecule has 2 atom stereocenters. The van der Waals surface area contributed by atoms with Crippen LogP contribution in [0, 0.1) is 0 Å². The minimum absolute atomic E-state index is 0.0833. The molecule has 4 heteroatoms. The topological polar surface area (TPSA) is 77.8 Å². The fourth-order valence-electron chi connectivity index (χ4n) is 2.30. The number of carboxylic acid groups (broad SMARTS) is 1. The molecule has 0 saturated heterocycles. The van der Waals surface area contributed by atoms with E-state index in [9.17, 15) is 15.0 Å². The first-order valence-corrected chi connectivity index (χ1v) is 9.15. The Labute approximate surface area is 146 Å². The highest BCUT2D eigenvalue weighted by Crippen LogP contribution is 2.09. The van der Waals surface area contributed by atoms with Crippen LogP contribution in [0.1, 0.15) is 71.1 Å². The highest BCUT2D eigenvalue weighted by Gasteiger charge is 2.01. The number of carbonyl (C=O) groups is 1. The predicted octanol–water partition coefficient (Wildman–Crippen LogP) is 4.38. The Balaban J connectivity index is 3.70. The van der Waals surface area contributed by atoms with Crippen LogP contribution in [-0.4, -0.2) is 33.5 Å². The summed E-state index contributed by atoms with van der Waals surface area (Å²) in [5.74, 6) is -0.837. The third-order valence-electron chi connectivity index (χ3n) is 3.74. The molecule has 0 rings (SSSR count). The van der Waals surface area contributed by atoms with Gasteiger partial charge in [0.15, 0.2) is 0 Å². The number of hydrogen-bond acceptors (Lipinski definition) is 3. The van der Waals surface area contributed by atoms with Crippen LogP contribution < -0.4 is 0 Å². The zero-order chi connectivity index (χ0) is 18.0. The lowest BCUT2D eigenvalue weighted by molar-refractivity contribution is -0.137. The Bertz CT molecular complexity index is 385. The average Bonchev–Trinajstić information content (AvgIpc) is 2.53. The van der Waals surface area contributed by atoms with Crippen molar-refractivity contribution in [2.45, 2.75) is 83.3 Å². The van der Waals surface area contributed by atoms with E-state index in [-0.39, 0.29) is 6.42 Å². The van der Waals surface area contributed by atoms with Crippen molar-refractivity contribution in [3.8, 4) is 0 Å². The normalized spacial score (nSPS) is 14.8. The molecule has 0 unspecified atom stereocenters. The van der Waals surface area contributed by atoms with Gasteiger partial charge < -0.3 is 15.3 Å². The number of aliphatic hydroxyl groups excluding tert-OH is 2. The lowest BCUT2D eigenvalue weighted by Crippen LogP contribution is -2.03. The third-order valence-corrected chi connectivity index (χ3v) is 3.74. The van der Waals surface area contributed by atoms with Crippen molar-refractivity contribution in [1.82, 2.24) is 0 Å². The minimum Gasteiger partial charge on any atom is -0.481 e. The van der Waals surface area contributed by atoms with Gasteiger partial charge in [-0.05, 0) is 19.3 Å². The summed E-state index contributed by atoms with van der Waals surface area (Å²) in [5.41, 5.74) is 0. The number of aliphatic carboxylic acids is 1. The molecule has 0 aliphatic heterocycles. The van der Waals surface area contributed by atoms with E-state index in [2.05, 4.69) is 6.92 Å². The van der Waals surface area contributed by atoms with Crippen molar-refractivity contribution in [1.29, 1.82) is 0 Å². The van der Waals surface area contributed by atoms with Gasteiger partial charge in [-0.25, -0.2) is 0 Å². The SMILES string of the molecule is CCCCCCCC[C@H](O)/C=C/C=C/C=C/[C@H](O)CCCC(=O)O. The van der Waals surface area contributed by atoms with Gasteiger partial charge in [-0.2, -0.15) is 0 Å². The predicted molar refractivity (Wildman–Crippen MR) is 98.9 cm³/mol. The Hall–Kier alpha value is -1.39. The van der Waals surface area contributed by atoms with Crippen molar-refractivity contribution in [2.75, 3.05) is 0 Å². The van der Waals surface area contributed by atoms with Gasteiger partial charge in [0.25, 0.3) is 0 Å². The molecule has 0 heterocycles. The van der Waals surface area contributed by atoms with E-state index in [0.717, 1.165) is 12.8 Å². The van der Waals surface area contributed by atoms with Crippen LogP contribution in [0.5, 0.6) is 0 Å². The summed E-state index contributed by atoms with van der Waals surface area (Å²) in [4.78, 5) is 10.4. The molecule has 0 spiro atoms.